The van der Waals surface area contributed by atoms with E-state index in [1.165, 1.54) is 57.8 Å². The predicted molar refractivity (Wildman–Crippen MR) is 194 cm³/mol. The Hall–Kier alpha value is -2.03. The molecule has 3 N–H and O–H groups in total. The van der Waals surface area contributed by atoms with Crippen LogP contribution >= 0.6 is 7.82 Å². The Morgan fingerprint density at radius 3 is 2.00 bits per heavy atom. The molecule has 0 spiro atoms. The van der Waals surface area contributed by atoms with Gasteiger partial charge in [-0.15, -0.1) is 0 Å². The van der Waals surface area contributed by atoms with Crippen LogP contribution in [0.2, 0.25) is 0 Å². The van der Waals surface area contributed by atoms with E-state index in [2.05, 4.69) is 49.6 Å². The van der Waals surface area contributed by atoms with E-state index in [0.29, 0.717) is 19.3 Å². The van der Waals surface area contributed by atoms with Crippen molar-refractivity contribution in [1.29, 1.82) is 0 Å². The van der Waals surface area contributed by atoms with Gasteiger partial charge in [0.15, 0.2) is 6.10 Å². The summed E-state index contributed by atoms with van der Waals surface area (Å²) in [6.45, 7) is 5.77. The minimum atomic E-state index is -4.79. The van der Waals surface area contributed by atoms with Crippen LogP contribution in [0, 0.1) is 5.92 Å². The lowest BCUT2D eigenvalue weighted by Crippen LogP contribution is -2.29. The fourth-order valence-corrected chi connectivity index (χ4v) is 5.16. The number of carbonyl (C=O) groups excluding carboxylic acids is 2. The number of allylic oxidation sites excluding steroid dienone is 7. The van der Waals surface area contributed by atoms with E-state index < -0.39 is 38.6 Å². The van der Waals surface area contributed by atoms with Crippen molar-refractivity contribution in [2.75, 3.05) is 13.2 Å². The molecule has 0 saturated carbocycles. The first kappa shape index (κ1) is 46.0. The number of hydrogen-bond acceptors (Lipinski definition) is 7. The highest BCUT2D eigenvalue weighted by molar-refractivity contribution is 7.46. The SMILES string of the molecule is CCCCC/C=C\C/C=C\C/C=C\C=C\[C@@H](O)CCCC(=O)OC[C@H](COP(=O)(O)O)OC(=O)CCCCCCCCCCC(C)CC. The molecule has 0 radical (unpaired) electrons. The zero-order chi connectivity index (χ0) is 35.7. The first-order chi connectivity index (χ1) is 23.1. The third kappa shape index (κ3) is 33.9. The molecule has 0 bridgehead atoms. The van der Waals surface area contributed by atoms with Gasteiger partial charge in [-0.1, -0.05) is 140 Å². The van der Waals surface area contributed by atoms with Crippen molar-refractivity contribution >= 4 is 19.8 Å². The van der Waals surface area contributed by atoms with Gasteiger partial charge in [0, 0.05) is 12.8 Å². The minimum Gasteiger partial charge on any atom is -0.462 e. The maximum Gasteiger partial charge on any atom is 0.469 e. The summed E-state index contributed by atoms with van der Waals surface area (Å²) in [6, 6.07) is 0. The van der Waals surface area contributed by atoms with Crippen molar-refractivity contribution in [1.82, 2.24) is 0 Å². The number of phosphoric acid groups is 1. The van der Waals surface area contributed by atoms with Crippen LogP contribution in [0.3, 0.4) is 0 Å². The van der Waals surface area contributed by atoms with Crippen LogP contribution < -0.4 is 0 Å². The molecule has 9 nitrogen and oxygen atoms in total. The summed E-state index contributed by atoms with van der Waals surface area (Å²) in [6.07, 6.45) is 33.0. The quantitative estimate of drug-likeness (QED) is 0.0206. The van der Waals surface area contributed by atoms with Gasteiger partial charge in [0.2, 0.25) is 0 Å². The van der Waals surface area contributed by atoms with Crippen LogP contribution in [0.5, 0.6) is 0 Å². The molecular formula is C38H67O9P. The van der Waals surface area contributed by atoms with Gasteiger partial charge < -0.3 is 24.4 Å². The molecule has 10 heteroatoms. The van der Waals surface area contributed by atoms with Crippen molar-refractivity contribution in [3.63, 3.8) is 0 Å². The molecular weight excluding hydrogens is 631 g/mol. The number of esters is 2. The Kier molecular flexibility index (Phi) is 30.8. The van der Waals surface area contributed by atoms with E-state index in [0.717, 1.165) is 44.4 Å². The van der Waals surface area contributed by atoms with E-state index >= 15 is 0 Å². The third-order valence-electron chi connectivity index (χ3n) is 7.99. The highest BCUT2D eigenvalue weighted by Gasteiger charge is 2.23. The number of carbonyl (C=O) groups is 2. The second-order valence-corrected chi connectivity index (χ2v) is 13.9. The first-order valence-corrected chi connectivity index (χ1v) is 20.0. The molecule has 0 saturated heterocycles. The van der Waals surface area contributed by atoms with Gasteiger partial charge in [-0.3, -0.25) is 14.1 Å². The van der Waals surface area contributed by atoms with Crippen molar-refractivity contribution in [3.05, 3.63) is 48.6 Å². The molecule has 1 unspecified atom stereocenters. The van der Waals surface area contributed by atoms with Crippen LogP contribution in [-0.2, 0) is 28.2 Å². The third-order valence-corrected chi connectivity index (χ3v) is 8.48. The molecule has 0 aliphatic carbocycles. The van der Waals surface area contributed by atoms with Crippen LogP contribution in [-0.4, -0.2) is 52.3 Å². The van der Waals surface area contributed by atoms with Crippen molar-refractivity contribution in [2.24, 2.45) is 5.92 Å². The zero-order valence-electron chi connectivity index (χ0n) is 30.1. The first-order valence-electron chi connectivity index (χ1n) is 18.4. The van der Waals surface area contributed by atoms with Gasteiger partial charge in [0.05, 0.1) is 12.7 Å². The number of phosphoric ester groups is 1. The number of hydrogen-bond donors (Lipinski definition) is 3. The Morgan fingerprint density at radius 2 is 1.33 bits per heavy atom. The number of aliphatic hydroxyl groups excluding tert-OH is 1. The molecule has 0 rings (SSSR count). The van der Waals surface area contributed by atoms with E-state index in [9.17, 15) is 19.3 Å². The fourth-order valence-electron chi connectivity index (χ4n) is 4.80. The van der Waals surface area contributed by atoms with Gasteiger partial charge in [-0.2, -0.15) is 0 Å². The second kappa shape index (κ2) is 32.2. The van der Waals surface area contributed by atoms with Gasteiger partial charge in [0.1, 0.15) is 6.61 Å². The lowest BCUT2D eigenvalue weighted by Gasteiger charge is -2.18. The van der Waals surface area contributed by atoms with E-state index in [-0.39, 0.29) is 19.4 Å². The van der Waals surface area contributed by atoms with Crippen molar-refractivity contribution in [3.8, 4) is 0 Å². The van der Waals surface area contributed by atoms with Gasteiger partial charge in [0.25, 0.3) is 0 Å². The number of unbranched alkanes of at least 4 members (excludes halogenated alkanes) is 10. The van der Waals surface area contributed by atoms with Gasteiger partial charge >= 0.3 is 19.8 Å². The molecule has 0 aromatic rings. The topological polar surface area (TPSA) is 140 Å². The summed E-state index contributed by atoms with van der Waals surface area (Å²) >= 11 is 0. The summed E-state index contributed by atoms with van der Waals surface area (Å²) < 4.78 is 26.1. The van der Waals surface area contributed by atoms with Crippen LogP contribution in [0.25, 0.3) is 0 Å². The number of aliphatic hydroxyl groups is 1. The van der Waals surface area contributed by atoms with E-state index in [4.69, 9.17) is 19.3 Å². The molecule has 0 amide bonds. The van der Waals surface area contributed by atoms with Crippen molar-refractivity contribution < 1.29 is 43.0 Å². The van der Waals surface area contributed by atoms with Crippen LogP contribution in [0.4, 0.5) is 0 Å². The van der Waals surface area contributed by atoms with Crippen molar-refractivity contribution in [2.45, 2.75) is 161 Å². The Balaban J connectivity index is 4.21. The summed E-state index contributed by atoms with van der Waals surface area (Å²) in [5.41, 5.74) is 0. The zero-order valence-corrected chi connectivity index (χ0v) is 31.0. The summed E-state index contributed by atoms with van der Waals surface area (Å²) in [5, 5.41) is 10.1. The summed E-state index contributed by atoms with van der Waals surface area (Å²) in [4.78, 5) is 42.7. The largest absolute Gasteiger partial charge is 0.469 e. The minimum absolute atomic E-state index is 0.0382. The Labute approximate surface area is 291 Å². The Morgan fingerprint density at radius 1 is 0.708 bits per heavy atom. The standard InChI is InChI=1S/C38H67O9P/c1-4-6-7-8-9-10-11-12-13-14-18-21-24-28-35(39)29-26-31-37(40)45-32-36(33-46-48(42,43)44)47-38(41)30-25-22-19-16-15-17-20-23-27-34(3)5-2/h9-10,12-13,18,21,24,28,34-36,39H,4-8,11,14-17,19-20,22-23,25-27,29-33H2,1-3H3,(H2,42,43,44)/b10-9-,13-12-,21-18-,28-24+/t34?,35-,36-/m1/s1. The highest BCUT2D eigenvalue weighted by Crippen LogP contribution is 2.36. The normalized spacial score (nSPS) is 14.4. The van der Waals surface area contributed by atoms with E-state index in [1.54, 1.807) is 12.2 Å². The predicted octanol–water partition coefficient (Wildman–Crippen LogP) is 9.61. The van der Waals surface area contributed by atoms with Gasteiger partial charge in [-0.05, 0) is 50.9 Å². The molecule has 0 fully saturated rings. The molecule has 3 atom stereocenters. The average Bonchev–Trinajstić information content (AvgIpc) is 3.04. The Bertz CT molecular complexity index is 954. The monoisotopic (exact) mass is 698 g/mol. The number of ether oxygens (including phenoxy) is 2. The highest BCUT2D eigenvalue weighted by atomic mass is 31.2. The van der Waals surface area contributed by atoms with Crippen LogP contribution in [0.1, 0.15) is 149 Å². The summed E-state index contributed by atoms with van der Waals surface area (Å²) in [5.74, 6) is -0.284. The van der Waals surface area contributed by atoms with Crippen LogP contribution in [0.15, 0.2) is 48.6 Å². The molecule has 0 heterocycles. The number of rotatable bonds is 32. The molecule has 48 heavy (non-hydrogen) atoms. The average molecular weight is 699 g/mol. The van der Waals surface area contributed by atoms with Gasteiger partial charge in [-0.25, -0.2) is 4.57 Å². The summed E-state index contributed by atoms with van der Waals surface area (Å²) in [7, 11) is -4.79. The maximum atomic E-state index is 12.3. The molecule has 0 aliphatic rings. The van der Waals surface area contributed by atoms with E-state index in [1.807, 2.05) is 12.2 Å². The molecule has 278 valence electrons. The molecule has 0 aromatic heterocycles. The molecule has 0 aromatic carbocycles. The lowest BCUT2D eigenvalue weighted by molar-refractivity contribution is -0.161. The smallest absolute Gasteiger partial charge is 0.462 e. The molecule has 0 aliphatic heterocycles. The lowest BCUT2D eigenvalue weighted by atomic mass is 9.99. The fraction of sp³-hybridized carbons (Fsp3) is 0.737. The second-order valence-electron chi connectivity index (χ2n) is 12.6. The maximum absolute atomic E-state index is 12.3.